The topological polar surface area (TPSA) is 38.3 Å². The molecule has 1 atom stereocenters. The molecule has 0 aliphatic carbocycles. The third kappa shape index (κ3) is 3.00. The van der Waals surface area contributed by atoms with E-state index in [1.54, 1.807) is 7.11 Å². The predicted molar refractivity (Wildman–Crippen MR) is 70.9 cm³/mol. The molecule has 0 N–H and O–H groups in total. The molecule has 1 heterocycles. The number of methoxy groups -OCH3 is 1. The molecule has 0 aliphatic heterocycles. The lowest BCUT2D eigenvalue weighted by molar-refractivity contribution is 0.325. The molecule has 1 rings (SSSR count). The molecule has 0 aliphatic rings. The average Bonchev–Trinajstić information content (AvgIpc) is 2.25. The van der Waals surface area contributed by atoms with Gasteiger partial charge in [-0.2, -0.15) is 0 Å². The first-order valence-corrected chi connectivity index (χ1v) is 5.94. The Labute approximate surface area is 108 Å². The van der Waals surface area contributed by atoms with Gasteiger partial charge in [-0.3, -0.25) is 0 Å². The van der Waals surface area contributed by atoms with Crippen LogP contribution in [0.1, 0.15) is 27.7 Å². The molecule has 1 aromatic rings. The zero-order chi connectivity index (χ0) is 13.2. The minimum atomic E-state index is 0.136. The van der Waals surface area contributed by atoms with Gasteiger partial charge in [0.1, 0.15) is 6.33 Å². The van der Waals surface area contributed by atoms with E-state index in [-0.39, 0.29) is 5.41 Å². The van der Waals surface area contributed by atoms with Gasteiger partial charge >= 0.3 is 0 Å². The van der Waals surface area contributed by atoms with Gasteiger partial charge in [0, 0.05) is 13.1 Å². The molecule has 0 fully saturated rings. The Bertz CT molecular complexity index is 390. The normalized spacial score (nSPS) is 13.4. The van der Waals surface area contributed by atoms with Crippen LogP contribution in [0.3, 0.4) is 0 Å². The number of aromatic nitrogens is 2. The molecule has 96 valence electrons. The average molecular weight is 258 g/mol. The summed E-state index contributed by atoms with van der Waals surface area (Å²) in [6.45, 7) is 8.70. The number of rotatable bonds is 3. The molecule has 0 saturated heterocycles. The second-order valence-electron chi connectivity index (χ2n) is 5.17. The number of hydrogen-bond donors (Lipinski definition) is 0. The van der Waals surface area contributed by atoms with Crippen LogP contribution in [0.4, 0.5) is 5.82 Å². The van der Waals surface area contributed by atoms with Crippen molar-refractivity contribution < 1.29 is 4.74 Å². The minimum Gasteiger partial charge on any atom is -0.490 e. The SMILES string of the molecule is COc1c(Cl)ncnc1N(C)C(C)C(C)(C)C. The Hall–Kier alpha value is -1.03. The molecule has 0 bridgehead atoms. The van der Waals surface area contributed by atoms with Crippen molar-refractivity contribution in [1.82, 2.24) is 9.97 Å². The monoisotopic (exact) mass is 257 g/mol. The van der Waals surface area contributed by atoms with E-state index in [0.717, 1.165) is 5.82 Å². The van der Waals surface area contributed by atoms with E-state index in [2.05, 4.69) is 42.6 Å². The highest BCUT2D eigenvalue weighted by atomic mass is 35.5. The highest BCUT2D eigenvalue weighted by molar-refractivity contribution is 6.31. The molecule has 0 aromatic carbocycles. The van der Waals surface area contributed by atoms with Crippen LogP contribution >= 0.6 is 11.6 Å². The fourth-order valence-electron chi connectivity index (χ4n) is 1.53. The van der Waals surface area contributed by atoms with Crippen LogP contribution < -0.4 is 9.64 Å². The van der Waals surface area contributed by atoms with Crippen molar-refractivity contribution in [3.05, 3.63) is 11.5 Å². The molecule has 4 nitrogen and oxygen atoms in total. The van der Waals surface area contributed by atoms with Gasteiger partial charge in [-0.15, -0.1) is 0 Å². The summed E-state index contributed by atoms with van der Waals surface area (Å²) in [5.74, 6) is 1.24. The molecular weight excluding hydrogens is 238 g/mol. The van der Waals surface area contributed by atoms with E-state index in [1.165, 1.54) is 6.33 Å². The number of ether oxygens (including phenoxy) is 1. The Balaban J connectivity index is 3.12. The number of hydrogen-bond acceptors (Lipinski definition) is 4. The second kappa shape index (κ2) is 5.08. The van der Waals surface area contributed by atoms with Crippen LogP contribution in [0.25, 0.3) is 0 Å². The highest BCUT2D eigenvalue weighted by Gasteiger charge is 2.27. The van der Waals surface area contributed by atoms with Crippen LogP contribution in [-0.2, 0) is 0 Å². The second-order valence-corrected chi connectivity index (χ2v) is 5.53. The molecule has 1 aromatic heterocycles. The van der Waals surface area contributed by atoms with Crippen LogP contribution in [0.5, 0.6) is 5.75 Å². The van der Waals surface area contributed by atoms with Crippen molar-refractivity contribution in [2.24, 2.45) is 5.41 Å². The summed E-state index contributed by atoms with van der Waals surface area (Å²) in [6, 6.07) is 0.294. The van der Waals surface area contributed by atoms with Gasteiger partial charge in [-0.25, -0.2) is 9.97 Å². The third-order valence-corrected chi connectivity index (χ3v) is 3.38. The Kier molecular flexibility index (Phi) is 4.20. The first-order valence-electron chi connectivity index (χ1n) is 5.56. The predicted octanol–water partition coefficient (Wildman–Crippen LogP) is 3.01. The Morgan fingerprint density at radius 1 is 1.35 bits per heavy atom. The summed E-state index contributed by atoms with van der Waals surface area (Å²) in [7, 11) is 3.56. The first-order chi connectivity index (χ1) is 7.79. The summed E-state index contributed by atoms with van der Waals surface area (Å²) in [5, 5.41) is 0.338. The van der Waals surface area contributed by atoms with Gasteiger partial charge < -0.3 is 9.64 Å². The lowest BCUT2D eigenvalue weighted by Gasteiger charge is -2.36. The molecular formula is C12H20ClN3O. The smallest absolute Gasteiger partial charge is 0.199 e. The molecule has 0 spiro atoms. The maximum atomic E-state index is 5.99. The van der Waals surface area contributed by atoms with Gasteiger partial charge in [-0.05, 0) is 12.3 Å². The lowest BCUT2D eigenvalue weighted by Crippen LogP contribution is -2.40. The van der Waals surface area contributed by atoms with E-state index < -0.39 is 0 Å². The van der Waals surface area contributed by atoms with Crippen molar-refractivity contribution in [2.45, 2.75) is 33.7 Å². The zero-order valence-corrected chi connectivity index (χ0v) is 12.0. The van der Waals surface area contributed by atoms with Gasteiger partial charge in [0.05, 0.1) is 7.11 Å². The Morgan fingerprint density at radius 3 is 2.41 bits per heavy atom. The fourth-order valence-corrected chi connectivity index (χ4v) is 1.74. The summed E-state index contributed by atoms with van der Waals surface area (Å²) in [4.78, 5) is 10.2. The molecule has 0 amide bonds. The lowest BCUT2D eigenvalue weighted by atomic mass is 9.87. The highest BCUT2D eigenvalue weighted by Crippen LogP contribution is 2.34. The number of anilines is 1. The van der Waals surface area contributed by atoms with Crippen LogP contribution in [0.2, 0.25) is 5.15 Å². The van der Waals surface area contributed by atoms with Gasteiger partial charge in [0.25, 0.3) is 0 Å². The van der Waals surface area contributed by atoms with Crippen molar-refractivity contribution in [2.75, 3.05) is 19.1 Å². The van der Waals surface area contributed by atoms with E-state index >= 15 is 0 Å². The van der Waals surface area contributed by atoms with Crippen LogP contribution in [-0.4, -0.2) is 30.2 Å². The van der Waals surface area contributed by atoms with E-state index in [0.29, 0.717) is 16.9 Å². The van der Waals surface area contributed by atoms with E-state index in [1.807, 2.05) is 7.05 Å². The third-order valence-electron chi connectivity index (χ3n) is 3.11. The standard InChI is InChI=1S/C12H20ClN3O/c1-8(12(2,3)4)16(5)11-9(17-6)10(13)14-7-15-11/h7-8H,1-6H3. The van der Waals surface area contributed by atoms with E-state index in [4.69, 9.17) is 16.3 Å². The van der Waals surface area contributed by atoms with Gasteiger partial charge in [0.2, 0.25) is 0 Å². The zero-order valence-electron chi connectivity index (χ0n) is 11.3. The molecule has 1 unspecified atom stereocenters. The molecule has 0 saturated carbocycles. The molecule has 17 heavy (non-hydrogen) atoms. The van der Waals surface area contributed by atoms with E-state index in [9.17, 15) is 0 Å². The quantitative estimate of drug-likeness (QED) is 0.781. The van der Waals surface area contributed by atoms with Crippen molar-refractivity contribution in [1.29, 1.82) is 0 Å². The van der Waals surface area contributed by atoms with Crippen LogP contribution in [0.15, 0.2) is 6.33 Å². The maximum Gasteiger partial charge on any atom is 0.199 e. The summed E-state index contributed by atoms with van der Waals surface area (Å²) in [6.07, 6.45) is 1.45. The fraction of sp³-hybridized carbons (Fsp3) is 0.667. The van der Waals surface area contributed by atoms with Crippen molar-refractivity contribution >= 4 is 17.4 Å². The van der Waals surface area contributed by atoms with Crippen molar-refractivity contribution in [3.8, 4) is 5.75 Å². The van der Waals surface area contributed by atoms with Gasteiger partial charge in [0.15, 0.2) is 16.7 Å². The molecule has 0 radical (unpaired) electrons. The Morgan fingerprint density at radius 2 is 1.94 bits per heavy atom. The maximum absolute atomic E-state index is 5.99. The van der Waals surface area contributed by atoms with Gasteiger partial charge in [-0.1, -0.05) is 32.4 Å². The number of nitrogens with zero attached hydrogens (tertiary/aromatic N) is 3. The first kappa shape index (κ1) is 14.0. The number of halogens is 1. The van der Waals surface area contributed by atoms with Crippen molar-refractivity contribution in [3.63, 3.8) is 0 Å². The summed E-state index contributed by atoms with van der Waals surface area (Å²) < 4.78 is 5.26. The largest absolute Gasteiger partial charge is 0.490 e. The summed E-state index contributed by atoms with van der Waals surface area (Å²) >= 11 is 5.99. The minimum absolute atomic E-state index is 0.136. The van der Waals surface area contributed by atoms with Crippen LogP contribution in [0, 0.1) is 5.41 Å². The molecule has 5 heteroatoms. The summed E-state index contributed by atoms with van der Waals surface area (Å²) in [5.41, 5.74) is 0.136.